The summed E-state index contributed by atoms with van der Waals surface area (Å²) < 4.78 is 19.7. The van der Waals surface area contributed by atoms with Crippen LogP contribution in [0.2, 0.25) is 0 Å². The molecule has 4 heteroatoms. The Labute approximate surface area is 114 Å². The smallest absolute Gasteiger partial charge is 0.133 e. The maximum Gasteiger partial charge on any atom is 0.133 e. The van der Waals surface area contributed by atoms with Crippen molar-refractivity contribution in [1.82, 2.24) is 0 Å². The lowest BCUT2D eigenvalue weighted by molar-refractivity contribution is 0.470. The highest BCUT2D eigenvalue weighted by Crippen LogP contribution is 2.30. The van der Waals surface area contributed by atoms with Gasteiger partial charge in [-0.3, -0.25) is 0 Å². The third kappa shape index (κ3) is 2.89. The van der Waals surface area contributed by atoms with E-state index in [4.69, 9.17) is 10.5 Å². The molecule has 0 aliphatic rings. The Kier molecular flexibility index (Phi) is 3.99. The maximum atomic E-state index is 13.0. The molecular formula is C14H13BrFNO. The number of hydrogen-bond acceptors (Lipinski definition) is 2. The first kappa shape index (κ1) is 13.1. The Morgan fingerprint density at radius 2 is 1.94 bits per heavy atom. The van der Waals surface area contributed by atoms with Crippen molar-refractivity contribution in [3.63, 3.8) is 0 Å². The molecule has 0 aliphatic carbocycles. The lowest BCUT2D eigenvalue weighted by atomic mass is 10.2. The minimum Gasteiger partial charge on any atom is -0.457 e. The molecule has 0 spiro atoms. The first-order valence-electron chi connectivity index (χ1n) is 5.52. The topological polar surface area (TPSA) is 35.2 Å². The highest BCUT2D eigenvalue weighted by molar-refractivity contribution is 9.10. The van der Waals surface area contributed by atoms with E-state index in [0.29, 0.717) is 18.0 Å². The molecule has 0 bridgehead atoms. The zero-order valence-corrected chi connectivity index (χ0v) is 11.5. The summed E-state index contributed by atoms with van der Waals surface area (Å²) in [4.78, 5) is 0. The van der Waals surface area contributed by atoms with E-state index in [1.807, 2.05) is 18.2 Å². The first-order valence-corrected chi connectivity index (χ1v) is 6.32. The lowest BCUT2D eigenvalue weighted by Gasteiger charge is -2.12. The first-order chi connectivity index (χ1) is 8.60. The number of ether oxygens (including phenoxy) is 1. The number of benzene rings is 2. The Hall–Kier alpha value is -1.39. The molecule has 0 atom stereocenters. The van der Waals surface area contributed by atoms with Crippen LogP contribution in [0.25, 0.3) is 0 Å². The van der Waals surface area contributed by atoms with Gasteiger partial charge in [-0.25, -0.2) is 4.39 Å². The largest absolute Gasteiger partial charge is 0.457 e. The van der Waals surface area contributed by atoms with Gasteiger partial charge < -0.3 is 10.5 Å². The van der Waals surface area contributed by atoms with Gasteiger partial charge in [-0.1, -0.05) is 22.0 Å². The fraction of sp³-hybridized carbons (Fsp3) is 0.143. The number of halogens is 2. The molecule has 0 radical (unpaired) electrons. The Bertz CT molecular complexity index is 572. The summed E-state index contributed by atoms with van der Waals surface area (Å²) >= 11 is 3.39. The van der Waals surface area contributed by atoms with Gasteiger partial charge in [0, 0.05) is 16.6 Å². The van der Waals surface area contributed by atoms with Gasteiger partial charge in [0.1, 0.15) is 17.3 Å². The average molecular weight is 310 g/mol. The van der Waals surface area contributed by atoms with E-state index in [0.717, 1.165) is 15.6 Å². The van der Waals surface area contributed by atoms with Crippen molar-refractivity contribution in [1.29, 1.82) is 0 Å². The second-order valence-electron chi connectivity index (χ2n) is 3.97. The normalized spacial score (nSPS) is 10.4. The van der Waals surface area contributed by atoms with Gasteiger partial charge in [-0.15, -0.1) is 0 Å². The van der Waals surface area contributed by atoms with Crippen LogP contribution in [0.4, 0.5) is 4.39 Å². The summed E-state index contributed by atoms with van der Waals surface area (Å²) in [6.07, 6.45) is 0. The summed E-state index contributed by atoms with van der Waals surface area (Å²) in [7, 11) is 0. The molecule has 2 N–H and O–H groups in total. The van der Waals surface area contributed by atoms with Gasteiger partial charge in [0.05, 0.1) is 0 Å². The molecule has 0 unspecified atom stereocenters. The zero-order chi connectivity index (χ0) is 13.1. The number of nitrogens with two attached hydrogens (primary N) is 1. The molecule has 2 rings (SSSR count). The van der Waals surface area contributed by atoms with E-state index in [2.05, 4.69) is 15.9 Å². The number of hydrogen-bond donors (Lipinski definition) is 1. The monoisotopic (exact) mass is 309 g/mol. The molecule has 0 amide bonds. The second-order valence-corrected chi connectivity index (χ2v) is 4.88. The van der Waals surface area contributed by atoms with Crippen LogP contribution in [0, 0.1) is 12.7 Å². The van der Waals surface area contributed by atoms with Crippen molar-refractivity contribution in [3.05, 3.63) is 57.8 Å². The Balaban J connectivity index is 2.36. The molecule has 2 nitrogen and oxygen atoms in total. The van der Waals surface area contributed by atoms with E-state index in [9.17, 15) is 4.39 Å². The van der Waals surface area contributed by atoms with Crippen LogP contribution < -0.4 is 10.5 Å². The third-order valence-corrected chi connectivity index (χ3v) is 3.10. The van der Waals surface area contributed by atoms with Crippen molar-refractivity contribution in [3.8, 4) is 11.5 Å². The van der Waals surface area contributed by atoms with Crippen LogP contribution in [-0.4, -0.2) is 0 Å². The standard InChI is InChI=1S/C14H13BrFNO/c1-9-6-12(16)4-5-13(9)18-14-7-11(15)3-2-10(14)8-17/h2-7H,8,17H2,1H3. The summed E-state index contributed by atoms with van der Waals surface area (Å²) in [5, 5.41) is 0. The Morgan fingerprint density at radius 1 is 1.17 bits per heavy atom. The summed E-state index contributed by atoms with van der Waals surface area (Å²) in [6, 6.07) is 10.1. The molecule has 0 aromatic heterocycles. The highest BCUT2D eigenvalue weighted by Gasteiger charge is 2.07. The fourth-order valence-corrected chi connectivity index (χ4v) is 1.98. The minimum absolute atomic E-state index is 0.270. The number of rotatable bonds is 3. The number of aryl methyl sites for hydroxylation is 1. The fourth-order valence-electron chi connectivity index (χ4n) is 1.64. The van der Waals surface area contributed by atoms with Crippen LogP contribution >= 0.6 is 15.9 Å². The molecule has 0 saturated carbocycles. The molecule has 0 saturated heterocycles. The van der Waals surface area contributed by atoms with Gasteiger partial charge in [0.15, 0.2) is 0 Å². The molecule has 2 aromatic carbocycles. The van der Waals surface area contributed by atoms with Gasteiger partial charge in [-0.2, -0.15) is 0 Å². The van der Waals surface area contributed by atoms with E-state index in [-0.39, 0.29) is 5.82 Å². The SMILES string of the molecule is Cc1cc(F)ccc1Oc1cc(Br)ccc1CN. The molecule has 18 heavy (non-hydrogen) atoms. The molecule has 0 fully saturated rings. The summed E-state index contributed by atoms with van der Waals surface area (Å²) in [5.41, 5.74) is 7.31. The van der Waals surface area contributed by atoms with Crippen molar-refractivity contribution in [2.75, 3.05) is 0 Å². The molecule has 0 heterocycles. The average Bonchev–Trinajstić information content (AvgIpc) is 2.33. The van der Waals surface area contributed by atoms with E-state index in [1.54, 1.807) is 13.0 Å². The predicted octanol–water partition coefficient (Wildman–Crippen LogP) is 4.15. The molecular weight excluding hydrogens is 297 g/mol. The minimum atomic E-state index is -0.270. The van der Waals surface area contributed by atoms with Crippen molar-refractivity contribution in [2.24, 2.45) is 5.73 Å². The summed E-state index contributed by atoms with van der Waals surface area (Å²) in [5.74, 6) is 1.04. The Morgan fingerprint density at radius 3 is 2.61 bits per heavy atom. The van der Waals surface area contributed by atoms with Gasteiger partial charge in [0.2, 0.25) is 0 Å². The van der Waals surface area contributed by atoms with Gasteiger partial charge >= 0.3 is 0 Å². The van der Waals surface area contributed by atoms with Crippen molar-refractivity contribution >= 4 is 15.9 Å². The van der Waals surface area contributed by atoms with Crippen LogP contribution in [0.5, 0.6) is 11.5 Å². The van der Waals surface area contributed by atoms with E-state index in [1.165, 1.54) is 12.1 Å². The van der Waals surface area contributed by atoms with Gasteiger partial charge in [-0.05, 0) is 42.8 Å². The maximum absolute atomic E-state index is 13.0. The quantitative estimate of drug-likeness (QED) is 0.924. The second kappa shape index (κ2) is 5.50. The zero-order valence-electron chi connectivity index (χ0n) is 9.91. The summed E-state index contributed by atoms with van der Waals surface area (Å²) in [6.45, 7) is 2.20. The van der Waals surface area contributed by atoms with E-state index >= 15 is 0 Å². The van der Waals surface area contributed by atoms with Crippen LogP contribution in [0.3, 0.4) is 0 Å². The highest BCUT2D eigenvalue weighted by atomic mass is 79.9. The van der Waals surface area contributed by atoms with Crippen molar-refractivity contribution in [2.45, 2.75) is 13.5 Å². The van der Waals surface area contributed by atoms with Crippen LogP contribution in [0.15, 0.2) is 40.9 Å². The predicted molar refractivity (Wildman–Crippen MR) is 73.2 cm³/mol. The van der Waals surface area contributed by atoms with Crippen molar-refractivity contribution < 1.29 is 9.13 Å². The molecule has 2 aromatic rings. The van der Waals surface area contributed by atoms with Crippen LogP contribution in [0.1, 0.15) is 11.1 Å². The van der Waals surface area contributed by atoms with Gasteiger partial charge in [0.25, 0.3) is 0 Å². The van der Waals surface area contributed by atoms with Crippen LogP contribution in [-0.2, 0) is 6.54 Å². The molecule has 0 aliphatic heterocycles. The third-order valence-electron chi connectivity index (χ3n) is 2.61. The molecule has 94 valence electrons. The lowest BCUT2D eigenvalue weighted by Crippen LogP contribution is -2.00. The van der Waals surface area contributed by atoms with E-state index < -0.39 is 0 Å².